The second kappa shape index (κ2) is 5.36. The smallest absolute Gasteiger partial charge is 0.398 e. The average molecular weight is 326 g/mol. The summed E-state index contributed by atoms with van der Waals surface area (Å²) < 4.78 is 77.4. The number of carbonyl (C=O) groups is 1. The van der Waals surface area contributed by atoms with Crippen LogP contribution in [0.2, 0.25) is 0 Å². The van der Waals surface area contributed by atoms with Crippen LogP contribution in [0.4, 0.5) is 32.0 Å². The van der Waals surface area contributed by atoms with Crippen molar-refractivity contribution in [2.24, 2.45) is 0 Å². The third kappa shape index (κ3) is 3.28. The first kappa shape index (κ1) is 16.4. The van der Waals surface area contributed by atoms with Crippen LogP contribution in [0.1, 0.15) is 35.4 Å². The molecule has 0 bridgehead atoms. The third-order valence-electron chi connectivity index (χ3n) is 3.52. The van der Waals surface area contributed by atoms with Gasteiger partial charge >= 0.3 is 12.4 Å². The zero-order valence-electron chi connectivity index (χ0n) is 11.1. The van der Waals surface area contributed by atoms with E-state index in [0.717, 1.165) is 0 Å². The first-order valence-electron chi connectivity index (χ1n) is 6.34. The van der Waals surface area contributed by atoms with E-state index in [9.17, 15) is 31.1 Å². The largest absolute Gasteiger partial charge is 0.416 e. The number of nitrogens with two attached hydrogens (primary N) is 1. The molecule has 122 valence electrons. The summed E-state index contributed by atoms with van der Waals surface area (Å²) in [5, 5.41) is 2.40. The van der Waals surface area contributed by atoms with E-state index in [1.165, 1.54) is 0 Å². The van der Waals surface area contributed by atoms with Crippen LogP contribution in [0, 0.1) is 0 Å². The van der Waals surface area contributed by atoms with Gasteiger partial charge in [-0.15, -0.1) is 0 Å². The predicted octanol–water partition coefficient (Wildman–Crippen LogP) is 3.30. The van der Waals surface area contributed by atoms with Crippen LogP contribution < -0.4 is 11.1 Å². The van der Waals surface area contributed by atoms with E-state index < -0.39 is 35.1 Å². The molecule has 0 spiro atoms. The van der Waals surface area contributed by atoms with E-state index in [4.69, 9.17) is 5.73 Å². The van der Waals surface area contributed by atoms with Crippen LogP contribution >= 0.6 is 0 Å². The van der Waals surface area contributed by atoms with Gasteiger partial charge in [0.15, 0.2) is 0 Å². The van der Waals surface area contributed by atoms with Crippen molar-refractivity contribution in [1.82, 2.24) is 5.32 Å². The molecule has 22 heavy (non-hydrogen) atoms. The Morgan fingerprint density at radius 1 is 1.09 bits per heavy atom. The Morgan fingerprint density at radius 2 is 1.73 bits per heavy atom. The van der Waals surface area contributed by atoms with Crippen molar-refractivity contribution in [3.63, 3.8) is 0 Å². The molecule has 0 radical (unpaired) electrons. The molecule has 1 aliphatic rings. The second-order valence-electron chi connectivity index (χ2n) is 5.06. The van der Waals surface area contributed by atoms with E-state index in [1.54, 1.807) is 0 Å². The fourth-order valence-electron chi connectivity index (χ4n) is 2.51. The molecule has 1 unspecified atom stereocenters. The highest BCUT2D eigenvalue weighted by atomic mass is 19.4. The predicted molar refractivity (Wildman–Crippen MR) is 65.8 cm³/mol. The molecule has 9 heteroatoms. The van der Waals surface area contributed by atoms with Crippen LogP contribution in [0.25, 0.3) is 0 Å². The lowest BCUT2D eigenvalue weighted by Crippen LogP contribution is -2.35. The number of alkyl halides is 6. The summed E-state index contributed by atoms with van der Waals surface area (Å²) in [7, 11) is 0. The quantitative estimate of drug-likeness (QED) is 0.614. The van der Waals surface area contributed by atoms with Crippen molar-refractivity contribution in [1.29, 1.82) is 0 Å². The van der Waals surface area contributed by atoms with Crippen molar-refractivity contribution in [3.8, 4) is 0 Å². The van der Waals surface area contributed by atoms with E-state index in [-0.39, 0.29) is 36.9 Å². The van der Waals surface area contributed by atoms with Crippen molar-refractivity contribution < 1.29 is 31.1 Å². The van der Waals surface area contributed by atoms with E-state index in [1.807, 2.05) is 0 Å². The fraction of sp³-hybridized carbons (Fsp3) is 0.462. The lowest BCUT2D eigenvalue weighted by Gasteiger charge is -2.27. The molecule has 1 saturated heterocycles. The summed E-state index contributed by atoms with van der Waals surface area (Å²) in [6.07, 6.45) is -9.79. The van der Waals surface area contributed by atoms with Crippen LogP contribution in [-0.2, 0) is 17.1 Å². The zero-order chi connectivity index (χ0) is 16.7. The number of anilines is 1. The number of carbonyl (C=O) groups excluding carboxylic acids is 1. The third-order valence-corrected chi connectivity index (χ3v) is 3.52. The Hall–Kier alpha value is -1.93. The number of halogens is 6. The molecule has 0 aromatic heterocycles. The summed E-state index contributed by atoms with van der Waals surface area (Å²) in [6.45, 7) is -0.0858. The normalized spacial score (nSPS) is 19.9. The molecule has 1 aromatic rings. The number of benzene rings is 1. The maximum atomic E-state index is 13.1. The minimum atomic E-state index is -4.97. The Labute approximate surface area is 121 Å². The molecular formula is C13H12F6N2O. The topological polar surface area (TPSA) is 55.1 Å². The van der Waals surface area contributed by atoms with Crippen molar-refractivity contribution in [2.75, 3.05) is 12.3 Å². The van der Waals surface area contributed by atoms with Gasteiger partial charge in [-0.3, -0.25) is 4.79 Å². The van der Waals surface area contributed by atoms with Gasteiger partial charge in [0.1, 0.15) is 0 Å². The molecule has 1 aromatic carbocycles. The maximum Gasteiger partial charge on any atom is 0.416 e. The summed E-state index contributed by atoms with van der Waals surface area (Å²) in [5.41, 5.74) is 1.67. The summed E-state index contributed by atoms with van der Waals surface area (Å²) >= 11 is 0. The molecule has 3 nitrogen and oxygen atoms in total. The monoisotopic (exact) mass is 326 g/mol. The highest BCUT2D eigenvalue weighted by Crippen LogP contribution is 2.43. The molecule has 1 aliphatic heterocycles. The number of piperidine rings is 1. The van der Waals surface area contributed by atoms with E-state index in [0.29, 0.717) is 6.07 Å². The summed E-state index contributed by atoms with van der Waals surface area (Å²) in [4.78, 5) is 11.1. The Balaban J connectivity index is 2.55. The van der Waals surface area contributed by atoms with Crippen LogP contribution in [0.5, 0.6) is 0 Å². The highest BCUT2D eigenvalue weighted by Gasteiger charge is 2.41. The number of hydrogen-bond acceptors (Lipinski definition) is 2. The van der Waals surface area contributed by atoms with Crippen LogP contribution in [0.15, 0.2) is 12.1 Å². The number of rotatable bonds is 1. The lowest BCUT2D eigenvalue weighted by atomic mass is 9.85. The molecule has 1 amide bonds. The molecule has 1 atom stereocenters. The Bertz CT molecular complexity index is 583. The Kier molecular flexibility index (Phi) is 4.01. The fourth-order valence-corrected chi connectivity index (χ4v) is 2.51. The second-order valence-corrected chi connectivity index (χ2v) is 5.06. The SMILES string of the molecule is Nc1cc(C(F)(F)F)cc(C(F)(F)F)c1C1CCC(=O)NC1. The lowest BCUT2D eigenvalue weighted by molar-refractivity contribution is -0.143. The van der Waals surface area contributed by atoms with Gasteiger partial charge in [0.2, 0.25) is 5.91 Å². The summed E-state index contributed by atoms with van der Waals surface area (Å²) in [6, 6.07) is 0.573. The van der Waals surface area contributed by atoms with Crippen molar-refractivity contribution in [2.45, 2.75) is 31.1 Å². The molecule has 1 fully saturated rings. The van der Waals surface area contributed by atoms with Crippen molar-refractivity contribution in [3.05, 3.63) is 28.8 Å². The molecule has 2 rings (SSSR count). The van der Waals surface area contributed by atoms with E-state index in [2.05, 4.69) is 5.32 Å². The minimum absolute atomic E-state index is 0.00241. The van der Waals surface area contributed by atoms with Crippen LogP contribution in [-0.4, -0.2) is 12.5 Å². The minimum Gasteiger partial charge on any atom is -0.398 e. The standard InChI is InChI=1S/C13H12F6N2O/c14-12(15,16)7-3-8(13(17,18)19)11(9(20)4-7)6-1-2-10(22)21-5-6/h3-4,6H,1-2,5,20H2,(H,21,22). The maximum absolute atomic E-state index is 13.1. The zero-order valence-corrected chi connectivity index (χ0v) is 11.1. The number of hydrogen-bond donors (Lipinski definition) is 2. The number of nitrogen functional groups attached to an aromatic ring is 1. The Morgan fingerprint density at radius 3 is 2.18 bits per heavy atom. The highest BCUT2D eigenvalue weighted by molar-refractivity contribution is 5.77. The molecule has 0 aliphatic carbocycles. The van der Waals surface area contributed by atoms with Gasteiger partial charge in [-0.1, -0.05) is 0 Å². The van der Waals surface area contributed by atoms with Gasteiger partial charge in [0.05, 0.1) is 11.1 Å². The van der Waals surface area contributed by atoms with Gasteiger partial charge in [-0.2, -0.15) is 26.3 Å². The summed E-state index contributed by atoms with van der Waals surface area (Å²) in [5.74, 6) is -1.08. The first-order valence-corrected chi connectivity index (χ1v) is 6.34. The number of amides is 1. The average Bonchev–Trinajstić information content (AvgIpc) is 2.37. The van der Waals surface area contributed by atoms with Gasteiger partial charge in [-0.25, -0.2) is 0 Å². The van der Waals surface area contributed by atoms with Gasteiger partial charge < -0.3 is 11.1 Å². The molecule has 0 saturated carbocycles. The first-order chi connectivity index (χ1) is 10.00. The van der Waals surface area contributed by atoms with Gasteiger partial charge in [-0.05, 0) is 24.1 Å². The van der Waals surface area contributed by atoms with Crippen LogP contribution in [0.3, 0.4) is 0 Å². The molecule has 1 heterocycles. The van der Waals surface area contributed by atoms with Gasteiger partial charge in [0.25, 0.3) is 0 Å². The van der Waals surface area contributed by atoms with E-state index >= 15 is 0 Å². The molecule has 3 N–H and O–H groups in total. The number of nitrogens with one attached hydrogen (secondary N) is 1. The van der Waals surface area contributed by atoms with Crippen molar-refractivity contribution >= 4 is 11.6 Å². The molecular weight excluding hydrogens is 314 g/mol. The van der Waals surface area contributed by atoms with Gasteiger partial charge in [0, 0.05) is 24.6 Å².